The minimum Gasteiger partial charge on any atom is -0.396 e. The fraction of sp³-hybridized carbons (Fsp3) is 1.00. The maximum atomic E-state index is 11.6. The molecule has 0 saturated heterocycles. The summed E-state index contributed by atoms with van der Waals surface area (Å²) in [7, 11) is 0. The van der Waals surface area contributed by atoms with Gasteiger partial charge in [-0.1, -0.05) is 40.5 Å². The maximum absolute atomic E-state index is 11.6. The molecule has 0 aromatic carbocycles. The van der Waals surface area contributed by atoms with Crippen molar-refractivity contribution in [2.45, 2.75) is 115 Å². The molecule has 4 saturated carbocycles. The lowest BCUT2D eigenvalue weighted by Crippen LogP contribution is -2.69. The largest absolute Gasteiger partial charge is 0.396 e. The van der Waals surface area contributed by atoms with Crippen LogP contribution >= 0.6 is 0 Å². The van der Waals surface area contributed by atoms with Crippen molar-refractivity contribution < 1.29 is 30.6 Å². The molecule has 0 bridgehead atoms. The van der Waals surface area contributed by atoms with Gasteiger partial charge in [0, 0.05) is 18.4 Å². The molecule has 6 nitrogen and oxygen atoms in total. The van der Waals surface area contributed by atoms with E-state index in [0.29, 0.717) is 19.3 Å². The lowest BCUT2D eigenvalue weighted by atomic mass is 9.42. The van der Waals surface area contributed by atoms with Crippen LogP contribution in [-0.4, -0.2) is 67.3 Å². The number of rotatable bonds is 6. The SMILES string of the molecule is C[C@@H](CO)CCC[C@@H](C)[C@H]1[C@@H](O)[C@H](O)C2C3C[C@@H](O)[C@@]4(O)C[C@@H](O)CC[C@]4(C)C3CC[C@@]21C. The Kier molecular flexibility index (Phi) is 7.05. The predicted molar refractivity (Wildman–Crippen MR) is 126 cm³/mol. The third kappa shape index (κ3) is 3.82. The molecule has 4 fully saturated rings. The third-order valence-electron chi connectivity index (χ3n) is 11.3. The van der Waals surface area contributed by atoms with Crippen molar-refractivity contribution in [1.29, 1.82) is 0 Å². The second kappa shape index (κ2) is 9.01. The van der Waals surface area contributed by atoms with Gasteiger partial charge in [0.15, 0.2) is 0 Å². The molecule has 0 spiro atoms. The van der Waals surface area contributed by atoms with E-state index >= 15 is 0 Å². The summed E-state index contributed by atoms with van der Waals surface area (Å²) in [5, 5.41) is 65.0. The van der Waals surface area contributed by atoms with Crippen molar-refractivity contribution >= 4 is 0 Å². The quantitative estimate of drug-likeness (QED) is 0.356. The molecule has 4 rings (SSSR count). The first-order valence-corrected chi connectivity index (χ1v) is 13.5. The van der Waals surface area contributed by atoms with Crippen LogP contribution in [0.5, 0.6) is 0 Å². The molecule has 3 unspecified atom stereocenters. The highest BCUT2D eigenvalue weighted by molar-refractivity contribution is 5.19. The van der Waals surface area contributed by atoms with E-state index in [1.165, 1.54) is 0 Å². The monoisotopic (exact) mass is 468 g/mol. The van der Waals surface area contributed by atoms with E-state index in [1.807, 2.05) is 0 Å². The summed E-state index contributed by atoms with van der Waals surface area (Å²) < 4.78 is 0. The molecular formula is C27H48O6. The van der Waals surface area contributed by atoms with Gasteiger partial charge in [0.25, 0.3) is 0 Å². The molecule has 0 aromatic rings. The molecule has 0 aromatic heterocycles. The van der Waals surface area contributed by atoms with Gasteiger partial charge in [-0.05, 0) is 79.4 Å². The van der Waals surface area contributed by atoms with E-state index in [0.717, 1.165) is 32.1 Å². The van der Waals surface area contributed by atoms with Crippen molar-refractivity contribution in [3.05, 3.63) is 0 Å². The Bertz CT molecular complexity index is 702. The minimum atomic E-state index is -1.29. The molecule has 0 aliphatic heterocycles. The van der Waals surface area contributed by atoms with Gasteiger partial charge in [-0.25, -0.2) is 0 Å². The summed E-state index contributed by atoms with van der Waals surface area (Å²) in [5.41, 5.74) is -2.00. The van der Waals surface area contributed by atoms with Gasteiger partial charge in [-0.3, -0.25) is 0 Å². The first-order chi connectivity index (χ1) is 15.4. The van der Waals surface area contributed by atoms with Gasteiger partial charge in [0.1, 0.15) is 0 Å². The van der Waals surface area contributed by atoms with Crippen LogP contribution in [0.15, 0.2) is 0 Å². The normalized spacial score (nSPS) is 53.6. The van der Waals surface area contributed by atoms with E-state index in [1.54, 1.807) is 0 Å². The summed E-state index contributed by atoms with van der Waals surface area (Å²) in [4.78, 5) is 0. The fourth-order valence-electron chi connectivity index (χ4n) is 9.43. The Morgan fingerprint density at radius 1 is 0.939 bits per heavy atom. The zero-order valence-corrected chi connectivity index (χ0v) is 21.0. The van der Waals surface area contributed by atoms with Crippen molar-refractivity contribution in [3.63, 3.8) is 0 Å². The number of aliphatic hydroxyl groups excluding tert-OH is 5. The van der Waals surface area contributed by atoms with Gasteiger partial charge >= 0.3 is 0 Å². The van der Waals surface area contributed by atoms with E-state index < -0.39 is 35.4 Å². The van der Waals surface area contributed by atoms with Crippen LogP contribution in [0.25, 0.3) is 0 Å². The zero-order chi connectivity index (χ0) is 24.3. The number of hydrogen-bond donors (Lipinski definition) is 6. The molecule has 0 heterocycles. The number of fused-ring (bicyclic) bond motifs is 5. The molecule has 4 aliphatic carbocycles. The Labute approximate surface area is 199 Å². The first-order valence-electron chi connectivity index (χ1n) is 13.5. The molecular weight excluding hydrogens is 420 g/mol. The van der Waals surface area contributed by atoms with Gasteiger partial charge < -0.3 is 30.6 Å². The summed E-state index contributed by atoms with van der Waals surface area (Å²) in [6.07, 6.45) is 3.59. The summed E-state index contributed by atoms with van der Waals surface area (Å²) in [5.74, 6) is 0.665. The molecule has 33 heavy (non-hydrogen) atoms. The molecule has 13 atom stereocenters. The highest BCUT2D eigenvalue weighted by Crippen LogP contribution is 2.69. The van der Waals surface area contributed by atoms with Crippen LogP contribution in [0.3, 0.4) is 0 Å². The summed E-state index contributed by atoms with van der Waals surface area (Å²) in [6, 6.07) is 0. The Morgan fingerprint density at radius 2 is 1.64 bits per heavy atom. The van der Waals surface area contributed by atoms with Gasteiger partial charge in [0.2, 0.25) is 0 Å². The van der Waals surface area contributed by atoms with Crippen LogP contribution in [0, 0.1) is 46.3 Å². The molecule has 0 amide bonds. The second-order valence-electron chi connectivity index (χ2n) is 13.0. The lowest BCUT2D eigenvalue weighted by Gasteiger charge is -2.65. The van der Waals surface area contributed by atoms with E-state index in [9.17, 15) is 30.6 Å². The molecule has 6 N–H and O–H groups in total. The van der Waals surface area contributed by atoms with Crippen molar-refractivity contribution in [3.8, 4) is 0 Å². The highest BCUT2D eigenvalue weighted by Gasteiger charge is 2.70. The first kappa shape index (κ1) is 25.8. The zero-order valence-electron chi connectivity index (χ0n) is 21.0. The predicted octanol–water partition coefficient (Wildman–Crippen LogP) is 2.47. The molecule has 0 radical (unpaired) electrons. The molecule has 6 heteroatoms. The molecule has 4 aliphatic rings. The second-order valence-corrected chi connectivity index (χ2v) is 13.0. The van der Waals surface area contributed by atoms with Crippen LogP contribution < -0.4 is 0 Å². The third-order valence-corrected chi connectivity index (χ3v) is 11.3. The molecule has 192 valence electrons. The van der Waals surface area contributed by atoms with Gasteiger partial charge in [0.05, 0.1) is 30.0 Å². The summed E-state index contributed by atoms with van der Waals surface area (Å²) >= 11 is 0. The average molecular weight is 469 g/mol. The van der Waals surface area contributed by atoms with Crippen LogP contribution in [0.2, 0.25) is 0 Å². The minimum absolute atomic E-state index is 0.00169. The van der Waals surface area contributed by atoms with E-state index in [2.05, 4.69) is 27.7 Å². The average Bonchev–Trinajstić information content (AvgIpc) is 2.95. The van der Waals surface area contributed by atoms with Crippen LogP contribution in [0.4, 0.5) is 0 Å². The van der Waals surface area contributed by atoms with E-state index in [-0.39, 0.29) is 54.0 Å². The summed E-state index contributed by atoms with van der Waals surface area (Å²) in [6.45, 7) is 8.78. The number of aliphatic hydroxyl groups is 6. The smallest absolute Gasteiger partial charge is 0.0985 e. The Balaban J connectivity index is 1.58. The standard InChI is InChI=1S/C27H48O6/c1-15(14-28)6-5-7-16(2)21-23(31)24(32)22-18-12-20(30)27(33)13-17(29)8-11-26(27,4)19(18)9-10-25(21,22)3/h15-24,28-33H,5-14H2,1-4H3/t15-,16-,17+,18?,19?,20-,21+,22?,23-,24-,25-,26-,27+/m1/s1. The fourth-order valence-corrected chi connectivity index (χ4v) is 9.43. The topological polar surface area (TPSA) is 121 Å². The van der Waals surface area contributed by atoms with Crippen molar-refractivity contribution in [2.75, 3.05) is 6.61 Å². The van der Waals surface area contributed by atoms with Crippen molar-refractivity contribution in [1.82, 2.24) is 0 Å². The number of hydrogen-bond acceptors (Lipinski definition) is 6. The van der Waals surface area contributed by atoms with Crippen LogP contribution in [-0.2, 0) is 0 Å². The van der Waals surface area contributed by atoms with Gasteiger partial charge in [-0.2, -0.15) is 0 Å². The Morgan fingerprint density at radius 3 is 2.30 bits per heavy atom. The maximum Gasteiger partial charge on any atom is 0.0985 e. The highest BCUT2D eigenvalue weighted by atomic mass is 16.3. The Hall–Kier alpha value is -0.240. The van der Waals surface area contributed by atoms with Gasteiger partial charge in [-0.15, -0.1) is 0 Å². The van der Waals surface area contributed by atoms with Crippen LogP contribution in [0.1, 0.15) is 85.5 Å². The lowest BCUT2D eigenvalue weighted by molar-refractivity contribution is -0.268. The van der Waals surface area contributed by atoms with Crippen molar-refractivity contribution in [2.24, 2.45) is 46.3 Å². The van der Waals surface area contributed by atoms with E-state index in [4.69, 9.17) is 0 Å².